The van der Waals surface area contributed by atoms with Crippen LogP contribution in [0.3, 0.4) is 0 Å². The highest BCUT2D eigenvalue weighted by atomic mass is 16.5. The molecule has 1 saturated carbocycles. The zero-order valence-electron chi connectivity index (χ0n) is 12.0. The number of nitrogens with two attached hydrogens (primary N) is 1. The van der Waals surface area contributed by atoms with Gasteiger partial charge < -0.3 is 10.5 Å². The van der Waals surface area contributed by atoms with Gasteiger partial charge in [0.05, 0.1) is 11.0 Å². The molecule has 3 rings (SSSR count). The van der Waals surface area contributed by atoms with E-state index in [0.717, 1.165) is 25.7 Å². The number of nitrogens with zero attached hydrogens (tertiary/aromatic N) is 1. The van der Waals surface area contributed by atoms with E-state index in [4.69, 9.17) is 10.5 Å². The molecule has 2 N–H and O–H groups in total. The van der Waals surface area contributed by atoms with E-state index in [1.54, 1.807) is 4.90 Å². The molecule has 2 amide bonds. The van der Waals surface area contributed by atoms with Crippen molar-refractivity contribution in [1.82, 2.24) is 4.90 Å². The van der Waals surface area contributed by atoms with E-state index in [-0.39, 0.29) is 11.8 Å². The first-order valence-electron chi connectivity index (χ1n) is 7.79. The Hall–Kier alpha value is -0.940. The fourth-order valence-electron chi connectivity index (χ4n) is 4.16. The third-order valence-corrected chi connectivity index (χ3v) is 5.48. The molecule has 3 fully saturated rings. The van der Waals surface area contributed by atoms with Crippen LogP contribution in [0.2, 0.25) is 0 Å². The number of hydrogen-bond donors (Lipinski definition) is 1. The molecule has 5 nitrogen and oxygen atoms in total. The average molecular weight is 280 g/mol. The topological polar surface area (TPSA) is 72.6 Å². The number of likely N-dealkylation sites (tertiary alicyclic amines) is 1. The lowest BCUT2D eigenvalue weighted by molar-refractivity contribution is -0.153. The molecule has 1 spiro atoms. The lowest BCUT2D eigenvalue weighted by Gasteiger charge is -2.43. The van der Waals surface area contributed by atoms with E-state index >= 15 is 0 Å². The maximum atomic E-state index is 13.0. The number of amides is 2. The van der Waals surface area contributed by atoms with Crippen LogP contribution < -0.4 is 5.73 Å². The molecule has 20 heavy (non-hydrogen) atoms. The smallest absolute Gasteiger partial charge is 0.236 e. The van der Waals surface area contributed by atoms with Gasteiger partial charge in [-0.2, -0.15) is 0 Å². The molecule has 0 aromatic carbocycles. The first-order valence-corrected chi connectivity index (χ1v) is 7.79. The van der Waals surface area contributed by atoms with Crippen molar-refractivity contribution in [2.24, 2.45) is 11.1 Å². The number of imide groups is 1. The molecule has 2 saturated heterocycles. The molecule has 112 valence electrons. The molecule has 2 aliphatic heterocycles. The number of carbonyl (C=O) groups is 2. The summed E-state index contributed by atoms with van der Waals surface area (Å²) in [4.78, 5) is 27.0. The second-order valence-corrected chi connectivity index (χ2v) is 6.59. The first kappa shape index (κ1) is 14.0. The summed E-state index contributed by atoms with van der Waals surface area (Å²) in [6.07, 6.45) is 6.79. The summed E-state index contributed by atoms with van der Waals surface area (Å²) in [5.41, 5.74) is 5.06. The van der Waals surface area contributed by atoms with Crippen LogP contribution in [-0.2, 0) is 14.3 Å². The van der Waals surface area contributed by atoms with Gasteiger partial charge in [-0.05, 0) is 25.7 Å². The van der Waals surface area contributed by atoms with Gasteiger partial charge in [-0.1, -0.05) is 19.3 Å². The van der Waals surface area contributed by atoms with Crippen molar-refractivity contribution in [1.29, 1.82) is 0 Å². The van der Waals surface area contributed by atoms with Crippen molar-refractivity contribution in [3.05, 3.63) is 0 Å². The van der Waals surface area contributed by atoms with Crippen LogP contribution in [0.25, 0.3) is 0 Å². The highest BCUT2D eigenvalue weighted by Crippen LogP contribution is 2.48. The summed E-state index contributed by atoms with van der Waals surface area (Å²) in [6.45, 7) is 1.52. The van der Waals surface area contributed by atoms with Crippen LogP contribution in [0.15, 0.2) is 0 Å². The van der Waals surface area contributed by atoms with Crippen LogP contribution in [0.4, 0.5) is 0 Å². The van der Waals surface area contributed by atoms with Gasteiger partial charge in [0, 0.05) is 26.2 Å². The lowest BCUT2D eigenvalue weighted by Crippen LogP contribution is -2.59. The Morgan fingerprint density at radius 1 is 1.05 bits per heavy atom. The predicted molar refractivity (Wildman–Crippen MR) is 73.8 cm³/mol. The molecule has 0 unspecified atom stereocenters. The fourth-order valence-corrected chi connectivity index (χ4v) is 4.16. The van der Waals surface area contributed by atoms with Crippen molar-refractivity contribution in [2.75, 3.05) is 19.8 Å². The van der Waals surface area contributed by atoms with Crippen LogP contribution in [0.5, 0.6) is 0 Å². The van der Waals surface area contributed by atoms with Crippen LogP contribution >= 0.6 is 0 Å². The van der Waals surface area contributed by atoms with E-state index in [9.17, 15) is 9.59 Å². The monoisotopic (exact) mass is 280 g/mol. The Morgan fingerprint density at radius 3 is 2.30 bits per heavy atom. The maximum Gasteiger partial charge on any atom is 0.236 e. The van der Waals surface area contributed by atoms with Gasteiger partial charge in [-0.25, -0.2) is 0 Å². The Balaban J connectivity index is 1.89. The Labute approximate surface area is 119 Å². The zero-order valence-corrected chi connectivity index (χ0v) is 12.0. The molecule has 0 atom stereocenters. The Morgan fingerprint density at radius 2 is 1.70 bits per heavy atom. The molecular formula is C15H24N2O3. The van der Waals surface area contributed by atoms with Gasteiger partial charge >= 0.3 is 0 Å². The van der Waals surface area contributed by atoms with Crippen LogP contribution in [0, 0.1) is 5.41 Å². The molecule has 1 aliphatic carbocycles. The lowest BCUT2D eigenvalue weighted by atomic mass is 9.72. The minimum atomic E-state index is -0.493. The second kappa shape index (κ2) is 5.11. The molecule has 3 aliphatic rings. The van der Waals surface area contributed by atoms with Crippen molar-refractivity contribution in [3.63, 3.8) is 0 Å². The van der Waals surface area contributed by atoms with Crippen molar-refractivity contribution < 1.29 is 14.3 Å². The van der Waals surface area contributed by atoms with Gasteiger partial charge in [0.2, 0.25) is 11.8 Å². The minimum absolute atomic E-state index is 0.00995. The van der Waals surface area contributed by atoms with E-state index in [2.05, 4.69) is 0 Å². The molecular weight excluding hydrogens is 256 g/mol. The SMILES string of the molecule is NCC1(N2C(=O)CC3(CCCCC3)C2=O)CCOCC1. The van der Waals surface area contributed by atoms with Crippen molar-refractivity contribution in [2.45, 2.75) is 56.9 Å². The van der Waals surface area contributed by atoms with Gasteiger partial charge in [0.25, 0.3) is 0 Å². The highest BCUT2D eigenvalue weighted by Gasteiger charge is 2.57. The van der Waals surface area contributed by atoms with E-state index in [1.807, 2.05) is 0 Å². The summed E-state index contributed by atoms with van der Waals surface area (Å²) in [6, 6.07) is 0. The molecule has 0 radical (unpaired) electrons. The minimum Gasteiger partial charge on any atom is -0.381 e. The third-order valence-electron chi connectivity index (χ3n) is 5.48. The van der Waals surface area contributed by atoms with E-state index in [0.29, 0.717) is 39.0 Å². The third kappa shape index (κ3) is 1.99. The highest BCUT2D eigenvalue weighted by molar-refractivity contribution is 6.06. The average Bonchev–Trinajstić information content (AvgIpc) is 2.72. The number of hydrogen-bond acceptors (Lipinski definition) is 4. The van der Waals surface area contributed by atoms with Crippen molar-refractivity contribution in [3.8, 4) is 0 Å². The first-order chi connectivity index (χ1) is 9.64. The molecule has 0 bridgehead atoms. The number of rotatable bonds is 2. The molecule has 2 heterocycles. The van der Waals surface area contributed by atoms with Gasteiger partial charge in [-0.3, -0.25) is 14.5 Å². The number of carbonyl (C=O) groups excluding carboxylic acids is 2. The van der Waals surface area contributed by atoms with Crippen LogP contribution in [0.1, 0.15) is 51.4 Å². The van der Waals surface area contributed by atoms with Gasteiger partial charge in [0.1, 0.15) is 0 Å². The summed E-state index contributed by atoms with van der Waals surface area (Å²) in [5, 5.41) is 0. The Bertz CT molecular complexity index is 409. The summed E-state index contributed by atoms with van der Waals surface area (Å²) < 4.78 is 5.39. The van der Waals surface area contributed by atoms with Gasteiger partial charge in [0.15, 0.2) is 0 Å². The van der Waals surface area contributed by atoms with Gasteiger partial charge in [-0.15, -0.1) is 0 Å². The summed E-state index contributed by atoms with van der Waals surface area (Å²) in [5.74, 6) is 0.0406. The molecule has 0 aromatic rings. The van der Waals surface area contributed by atoms with E-state index in [1.165, 1.54) is 6.42 Å². The summed E-state index contributed by atoms with van der Waals surface area (Å²) >= 11 is 0. The van der Waals surface area contributed by atoms with E-state index < -0.39 is 11.0 Å². The largest absolute Gasteiger partial charge is 0.381 e. The van der Waals surface area contributed by atoms with Crippen LogP contribution in [-0.4, -0.2) is 42.0 Å². The quantitative estimate of drug-likeness (QED) is 0.772. The molecule has 0 aromatic heterocycles. The predicted octanol–water partition coefficient (Wildman–Crippen LogP) is 1.20. The molecule has 5 heteroatoms. The van der Waals surface area contributed by atoms with Crippen molar-refractivity contribution >= 4 is 11.8 Å². The normalized spacial score (nSPS) is 29.1. The second-order valence-electron chi connectivity index (χ2n) is 6.59. The number of ether oxygens (including phenoxy) is 1. The zero-order chi connectivity index (χ0) is 14.2. The fraction of sp³-hybridized carbons (Fsp3) is 0.867. The maximum absolute atomic E-state index is 13.0. The Kier molecular flexibility index (Phi) is 3.58. The summed E-state index contributed by atoms with van der Waals surface area (Å²) in [7, 11) is 0. The standard InChI is InChI=1S/C15H24N2O3/c16-11-15(6-8-20-9-7-15)17-12(18)10-14(13(17)19)4-2-1-3-5-14/h1-11,16H2.